The summed E-state index contributed by atoms with van der Waals surface area (Å²) in [7, 11) is 0. The smallest absolute Gasteiger partial charge is 0.339 e. The molecule has 1 heterocycles. The van der Waals surface area contributed by atoms with Gasteiger partial charge in [-0.1, -0.05) is 61.7 Å². The molecule has 4 nitrogen and oxygen atoms in total. The summed E-state index contributed by atoms with van der Waals surface area (Å²) in [6.45, 7) is 1.88. The van der Waals surface area contributed by atoms with Gasteiger partial charge in [0.1, 0.15) is 10.6 Å². The summed E-state index contributed by atoms with van der Waals surface area (Å²) in [5, 5.41) is 13.1. The third kappa shape index (κ3) is 4.17. The van der Waals surface area contributed by atoms with Crippen LogP contribution >= 0.6 is 11.3 Å². The zero-order chi connectivity index (χ0) is 21.1. The van der Waals surface area contributed by atoms with Crippen LogP contribution in [0.25, 0.3) is 11.1 Å². The molecular formula is C25H25NO3S. The Hall–Kier alpha value is -2.92. The van der Waals surface area contributed by atoms with E-state index in [1.54, 1.807) is 0 Å². The first kappa shape index (κ1) is 20.4. The van der Waals surface area contributed by atoms with Crippen molar-refractivity contribution in [3.05, 3.63) is 76.2 Å². The molecule has 1 fully saturated rings. The van der Waals surface area contributed by atoms with Crippen LogP contribution in [-0.4, -0.2) is 17.0 Å². The Morgan fingerprint density at radius 1 is 0.967 bits per heavy atom. The maximum Gasteiger partial charge on any atom is 0.339 e. The van der Waals surface area contributed by atoms with Crippen LogP contribution in [0.4, 0.5) is 5.00 Å². The highest BCUT2D eigenvalue weighted by Crippen LogP contribution is 2.40. The zero-order valence-electron chi connectivity index (χ0n) is 17.0. The standard InChI is InChI=1S/C25H25NO3S/c1-16-21(19-10-6-3-7-11-19)22(25(28)29)24(30-16)26-23(27)20-14-12-18(13-15-20)17-8-4-2-5-9-17/h3,6-7,10-15,17H,2,4-5,8-9H2,1H3,(H,26,27)(H,28,29). The lowest BCUT2D eigenvalue weighted by Crippen LogP contribution is -2.14. The Bertz CT molecular complexity index is 1050. The lowest BCUT2D eigenvalue weighted by molar-refractivity contribution is 0.0699. The second kappa shape index (κ2) is 8.84. The molecule has 0 saturated heterocycles. The number of carbonyl (C=O) groups excluding carboxylic acids is 1. The Morgan fingerprint density at radius 2 is 1.63 bits per heavy atom. The van der Waals surface area contributed by atoms with Crippen LogP contribution in [0.2, 0.25) is 0 Å². The molecule has 2 aromatic carbocycles. The highest BCUT2D eigenvalue weighted by atomic mass is 32.1. The maximum atomic E-state index is 12.8. The minimum Gasteiger partial charge on any atom is -0.478 e. The average molecular weight is 420 g/mol. The Labute approximate surface area is 180 Å². The molecule has 1 aromatic heterocycles. The molecule has 3 aromatic rings. The quantitative estimate of drug-likeness (QED) is 0.482. The Morgan fingerprint density at radius 3 is 2.27 bits per heavy atom. The van der Waals surface area contributed by atoms with Crippen molar-refractivity contribution in [2.45, 2.75) is 44.9 Å². The molecule has 0 unspecified atom stereocenters. The van der Waals surface area contributed by atoms with Crippen molar-refractivity contribution in [2.24, 2.45) is 0 Å². The molecule has 4 rings (SSSR count). The van der Waals surface area contributed by atoms with Gasteiger partial charge in [-0.15, -0.1) is 11.3 Å². The fraction of sp³-hybridized carbons (Fsp3) is 0.280. The van der Waals surface area contributed by atoms with Crippen molar-refractivity contribution in [1.29, 1.82) is 0 Å². The summed E-state index contributed by atoms with van der Waals surface area (Å²) in [5.41, 5.74) is 3.47. The van der Waals surface area contributed by atoms with E-state index >= 15 is 0 Å². The molecular weight excluding hydrogens is 394 g/mol. The summed E-state index contributed by atoms with van der Waals surface area (Å²) in [6.07, 6.45) is 6.28. The van der Waals surface area contributed by atoms with Crippen LogP contribution in [0.15, 0.2) is 54.6 Å². The third-order valence-corrected chi connectivity index (χ3v) is 6.86. The number of amides is 1. The van der Waals surface area contributed by atoms with Crippen molar-refractivity contribution in [3.8, 4) is 11.1 Å². The molecule has 1 amide bonds. The van der Waals surface area contributed by atoms with Crippen molar-refractivity contribution >= 4 is 28.2 Å². The summed E-state index contributed by atoms with van der Waals surface area (Å²) in [5.74, 6) is -0.738. The van der Waals surface area contributed by atoms with Crippen molar-refractivity contribution < 1.29 is 14.7 Å². The number of benzene rings is 2. The van der Waals surface area contributed by atoms with Crippen molar-refractivity contribution in [2.75, 3.05) is 5.32 Å². The molecule has 0 aliphatic heterocycles. The van der Waals surface area contributed by atoms with E-state index in [0.717, 1.165) is 10.4 Å². The molecule has 1 saturated carbocycles. The minimum atomic E-state index is -1.04. The fourth-order valence-electron chi connectivity index (χ4n) is 4.31. The minimum absolute atomic E-state index is 0.149. The number of hydrogen-bond donors (Lipinski definition) is 2. The molecule has 154 valence electrons. The first-order chi connectivity index (χ1) is 14.5. The van der Waals surface area contributed by atoms with E-state index in [2.05, 4.69) is 5.32 Å². The number of carboxylic acids is 1. The summed E-state index contributed by atoms with van der Waals surface area (Å²) >= 11 is 1.30. The molecule has 0 atom stereocenters. The second-order valence-electron chi connectivity index (χ2n) is 7.82. The van der Waals surface area contributed by atoms with Gasteiger partial charge >= 0.3 is 5.97 Å². The number of carbonyl (C=O) groups is 2. The predicted octanol–water partition coefficient (Wildman–Crippen LogP) is 6.72. The highest BCUT2D eigenvalue weighted by Gasteiger charge is 2.24. The van der Waals surface area contributed by atoms with E-state index < -0.39 is 5.97 Å². The van der Waals surface area contributed by atoms with Gasteiger partial charge in [0.25, 0.3) is 5.91 Å². The Kier molecular flexibility index (Phi) is 6.00. The first-order valence-corrected chi connectivity index (χ1v) is 11.2. The molecule has 0 radical (unpaired) electrons. The fourth-order valence-corrected chi connectivity index (χ4v) is 5.37. The first-order valence-electron chi connectivity index (χ1n) is 10.4. The average Bonchev–Trinajstić information content (AvgIpc) is 3.11. The van der Waals surface area contributed by atoms with E-state index in [1.165, 1.54) is 49.0 Å². The molecule has 0 bridgehead atoms. The summed E-state index contributed by atoms with van der Waals surface area (Å²) < 4.78 is 0. The second-order valence-corrected chi connectivity index (χ2v) is 9.04. The molecule has 0 spiro atoms. The van der Waals surface area contributed by atoms with Gasteiger partial charge in [0.15, 0.2) is 0 Å². The topological polar surface area (TPSA) is 66.4 Å². The molecule has 1 aliphatic rings. The third-order valence-electron chi connectivity index (χ3n) is 5.84. The number of hydrogen-bond acceptors (Lipinski definition) is 3. The number of thiophene rings is 1. The monoisotopic (exact) mass is 419 g/mol. The van der Waals surface area contributed by atoms with E-state index in [9.17, 15) is 14.7 Å². The molecule has 30 heavy (non-hydrogen) atoms. The van der Waals surface area contributed by atoms with Crippen LogP contribution in [0.1, 0.15) is 69.2 Å². The number of nitrogens with one attached hydrogen (secondary N) is 1. The SMILES string of the molecule is Cc1sc(NC(=O)c2ccc(C3CCCCC3)cc2)c(C(=O)O)c1-c1ccccc1. The van der Waals surface area contributed by atoms with E-state index in [0.29, 0.717) is 22.0 Å². The van der Waals surface area contributed by atoms with Crippen LogP contribution in [0, 0.1) is 6.92 Å². The van der Waals surface area contributed by atoms with Crippen molar-refractivity contribution in [1.82, 2.24) is 0 Å². The van der Waals surface area contributed by atoms with Gasteiger partial charge in [-0.2, -0.15) is 0 Å². The highest BCUT2D eigenvalue weighted by molar-refractivity contribution is 7.17. The lowest BCUT2D eigenvalue weighted by Gasteiger charge is -2.22. The number of carboxylic acid groups (broad SMARTS) is 1. The van der Waals surface area contributed by atoms with Crippen molar-refractivity contribution in [3.63, 3.8) is 0 Å². The summed E-state index contributed by atoms with van der Waals surface area (Å²) in [4.78, 5) is 25.7. The van der Waals surface area contributed by atoms with Gasteiger partial charge in [-0.25, -0.2) is 4.79 Å². The molecule has 1 aliphatic carbocycles. The van der Waals surface area contributed by atoms with Crippen LogP contribution < -0.4 is 5.32 Å². The molecule has 2 N–H and O–H groups in total. The number of aryl methyl sites for hydroxylation is 1. The summed E-state index contributed by atoms with van der Waals surface area (Å²) in [6, 6.07) is 17.2. The number of rotatable bonds is 5. The van der Waals surface area contributed by atoms with Crippen LogP contribution in [-0.2, 0) is 0 Å². The maximum absolute atomic E-state index is 12.8. The number of anilines is 1. The van der Waals surface area contributed by atoms with E-state index in [4.69, 9.17) is 0 Å². The molecule has 5 heteroatoms. The number of aromatic carboxylic acids is 1. The van der Waals surface area contributed by atoms with Gasteiger partial charge in [-0.3, -0.25) is 4.79 Å². The van der Waals surface area contributed by atoms with Crippen LogP contribution in [0.5, 0.6) is 0 Å². The van der Waals surface area contributed by atoms with Gasteiger partial charge in [0.05, 0.1) is 0 Å². The van der Waals surface area contributed by atoms with Gasteiger partial charge in [-0.05, 0) is 48.9 Å². The lowest BCUT2D eigenvalue weighted by atomic mass is 9.84. The van der Waals surface area contributed by atoms with E-state index in [-0.39, 0.29) is 11.5 Å². The predicted molar refractivity (Wildman–Crippen MR) is 122 cm³/mol. The zero-order valence-corrected chi connectivity index (χ0v) is 17.8. The largest absolute Gasteiger partial charge is 0.478 e. The van der Waals surface area contributed by atoms with Crippen LogP contribution in [0.3, 0.4) is 0 Å². The van der Waals surface area contributed by atoms with Gasteiger partial charge in [0, 0.05) is 16.0 Å². The van der Waals surface area contributed by atoms with Gasteiger partial charge < -0.3 is 10.4 Å². The Balaban J connectivity index is 1.58. The normalized spacial score (nSPS) is 14.4. The van der Waals surface area contributed by atoms with E-state index in [1.807, 2.05) is 61.5 Å². The van der Waals surface area contributed by atoms with Gasteiger partial charge in [0.2, 0.25) is 0 Å².